The number of nitrogens with zero attached hydrogens (tertiary/aromatic N) is 4. The number of hydrogen-bond acceptors (Lipinski definition) is 5. The molecular weight excluding hydrogens is 408 g/mol. The third-order valence-corrected chi connectivity index (χ3v) is 6.58. The molecular formula is C25H25ClN4O. The van der Waals surface area contributed by atoms with Crippen LogP contribution in [0.1, 0.15) is 39.6 Å². The molecule has 0 unspecified atom stereocenters. The Hall–Kier alpha value is -2.92. The van der Waals surface area contributed by atoms with Crippen molar-refractivity contribution in [1.29, 1.82) is 0 Å². The molecule has 3 aromatic rings. The molecule has 1 aliphatic carbocycles. The summed E-state index contributed by atoms with van der Waals surface area (Å²) in [7, 11) is 0. The fourth-order valence-corrected chi connectivity index (χ4v) is 4.80. The van der Waals surface area contributed by atoms with Gasteiger partial charge in [-0.25, -0.2) is 9.97 Å². The normalized spacial score (nSPS) is 18.8. The average molecular weight is 433 g/mol. The molecule has 158 valence electrons. The Labute approximate surface area is 187 Å². The number of ketones is 1. The first kappa shape index (κ1) is 20.0. The summed E-state index contributed by atoms with van der Waals surface area (Å²) in [6, 6.07) is 18.3. The third-order valence-electron chi connectivity index (χ3n) is 6.33. The number of hydrogen-bond donors (Lipinski definition) is 0. The number of para-hydroxylation sites is 1. The molecule has 31 heavy (non-hydrogen) atoms. The number of Topliss-reactive ketones (excluding diaryl/α,β-unsaturated/α-hetero) is 1. The molecule has 2 heterocycles. The summed E-state index contributed by atoms with van der Waals surface area (Å²) < 4.78 is 0. The Balaban J connectivity index is 1.36. The molecule has 0 bridgehead atoms. The zero-order chi connectivity index (χ0) is 21.4. The van der Waals surface area contributed by atoms with Crippen LogP contribution in [0.4, 0.5) is 11.6 Å². The Morgan fingerprint density at radius 2 is 1.55 bits per heavy atom. The topological polar surface area (TPSA) is 49.3 Å². The Morgan fingerprint density at radius 1 is 0.871 bits per heavy atom. The first-order valence-corrected chi connectivity index (χ1v) is 11.2. The number of aryl methyl sites for hydroxylation is 1. The largest absolute Gasteiger partial charge is 0.368 e. The van der Waals surface area contributed by atoms with E-state index in [9.17, 15) is 4.79 Å². The van der Waals surface area contributed by atoms with Crippen LogP contribution in [0.2, 0.25) is 5.02 Å². The molecule has 1 atom stereocenters. The van der Waals surface area contributed by atoms with E-state index in [1.807, 2.05) is 37.3 Å². The summed E-state index contributed by atoms with van der Waals surface area (Å²) >= 11 is 6.04. The van der Waals surface area contributed by atoms with Gasteiger partial charge in [-0.15, -0.1) is 0 Å². The van der Waals surface area contributed by atoms with Gasteiger partial charge in [-0.3, -0.25) is 4.79 Å². The van der Waals surface area contributed by atoms with Crippen LogP contribution in [-0.2, 0) is 6.42 Å². The minimum absolute atomic E-state index is 0.134. The smallest absolute Gasteiger partial charge is 0.225 e. The lowest BCUT2D eigenvalue weighted by Crippen LogP contribution is -2.47. The molecule has 1 saturated heterocycles. The van der Waals surface area contributed by atoms with Gasteiger partial charge in [0, 0.05) is 43.3 Å². The van der Waals surface area contributed by atoms with Crippen molar-refractivity contribution in [3.8, 4) is 0 Å². The predicted molar refractivity (Wildman–Crippen MR) is 124 cm³/mol. The minimum Gasteiger partial charge on any atom is -0.368 e. The van der Waals surface area contributed by atoms with Gasteiger partial charge >= 0.3 is 0 Å². The van der Waals surface area contributed by atoms with E-state index in [0.717, 1.165) is 61.1 Å². The Morgan fingerprint density at radius 3 is 2.26 bits per heavy atom. The lowest BCUT2D eigenvalue weighted by atomic mass is 9.81. The van der Waals surface area contributed by atoms with Crippen molar-refractivity contribution in [1.82, 2.24) is 9.97 Å². The lowest BCUT2D eigenvalue weighted by Gasteiger charge is -2.36. The first-order chi connectivity index (χ1) is 15.1. The summed E-state index contributed by atoms with van der Waals surface area (Å²) in [5, 5.41) is 0.710. The van der Waals surface area contributed by atoms with E-state index >= 15 is 0 Å². The summed E-state index contributed by atoms with van der Waals surface area (Å²) in [5.41, 5.74) is 4.78. The number of benzene rings is 2. The van der Waals surface area contributed by atoms with Crippen LogP contribution >= 0.6 is 11.6 Å². The molecule has 1 aromatic heterocycles. The number of halogens is 1. The van der Waals surface area contributed by atoms with Gasteiger partial charge in [-0.1, -0.05) is 41.9 Å². The highest BCUT2D eigenvalue weighted by Gasteiger charge is 2.31. The quantitative estimate of drug-likeness (QED) is 0.601. The standard InChI is InChI=1S/C25H25ClN4O/c1-17-24-22(15-19(16-23(24)31)18-7-9-20(26)10-8-18)28-25(27-17)30-13-11-29(12-14-30)21-5-3-2-4-6-21/h2-10,19H,11-16H2,1H3/t19-/m1/s1. The second-order valence-electron chi connectivity index (χ2n) is 8.32. The molecule has 0 saturated carbocycles. The van der Waals surface area contributed by atoms with Gasteiger partial charge in [-0.2, -0.15) is 0 Å². The van der Waals surface area contributed by atoms with Crippen molar-refractivity contribution in [2.45, 2.75) is 25.7 Å². The van der Waals surface area contributed by atoms with Crippen molar-refractivity contribution in [3.05, 3.63) is 82.1 Å². The molecule has 2 aliphatic rings. The van der Waals surface area contributed by atoms with Crippen LogP contribution in [0, 0.1) is 6.92 Å². The highest BCUT2D eigenvalue weighted by molar-refractivity contribution is 6.30. The van der Waals surface area contributed by atoms with Gasteiger partial charge in [0.15, 0.2) is 5.78 Å². The molecule has 0 N–H and O–H groups in total. The number of piperazine rings is 1. The molecule has 2 aromatic carbocycles. The molecule has 0 spiro atoms. The maximum absolute atomic E-state index is 12.9. The SMILES string of the molecule is Cc1nc(N2CCN(c3ccccc3)CC2)nc2c1C(=O)C[C@H](c1ccc(Cl)cc1)C2. The minimum atomic E-state index is 0.134. The van der Waals surface area contributed by atoms with Crippen molar-refractivity contribution in [2.24, 2.45) is 0 Å². The second kappa shape index (κ2) is 8.31. The van der Waals surface area contributed by atoms with E-state index in [1.54, 1.807) is 0 Å². The lowest BCUT2D eigenvalue weighted by molar-refractivity contribution is 0.0962. The molecule has 6 heteroatoms. The summed E-state index contributed by atoms with van der Waals surface area (Å²) in [5.74, 6) is 1.02. The number of rotatable bonds is 3. The number of carbonyl (C=O) groups is 1. The van der Waals surface area contributed by atoms with E-state index in [1.165, 1.54) is 5.69 Å². The van der Waals surface area contributed by atoms with Gasteiger partial charge < -0.3 is 9.80 Å². The van der Waals surface area contributed by atoms with Gasteiger partial charge in [0.25, 0.3) is 0 Å². The predicted octanol–water partition coefficient (Wildman–Crippen LogP) is 4.68. The Kier molecular flexibility index (Phi) is 5.36. The fourth-order valence-electron chi connectivity index (χ4n) is 4.67. The van der Waals surface area contributed by atoms with Crippen LogP contribution in [0.5, 0.6) is 0 Å². The van der Waals surface area contributed by atoms with E-state index in [-0.39, 0.29) is 11.7 Å². The van der Waals surface area contributed by atoms with Crippen molar-refractivity contribution < 1.29 is 4.79 Å². The van der Waals surface area contributed by atoms with E-state index in [0.29, 0.717) is 11.4 Å². The van der Waals surface area contributed by atoms with Crippen LogP contribution in [0.15, 0.2) is 54.6 Å². The Bertz CT molecular complexity index is 1090. The molecule has 5 rings (SSSR count). The van der Waals surface area contributed by atoms with Crippen molar-refractivity contribution in [3.63, 3.8) is 0 Å². The zero-order valence-corrected chi connectivity index (χ0v) is 18.3. The maximum atomic E-state index is 12.9. The second-order valence-corrected chi connectivity index (χ2v) is 8.76. The molecule has 1 aliphatic heterocycles. The molecule has 5 nitrogen and oxygen atoms in total. The van der Waals surface area contributed by atoms with Crippen LogP contribution in [0.25, 0.3) is 0 Å². The van der Waals surface area contributed by atoms with Gasteiger partial charge in [0.2, 0.25) is 5.95 Å². The molecule has 1 fully saturated rings. The molecule has 0 radical (unpaired) electrons. The zero-order valence-electron chi connectivity index (χ0n) is 17.6. The van der Waals surface area contributed by atoms with Gasteiger partial charge in [0.05, 0.1) is 17.0 Å². The van der Waals surface area contributed by atoms with Crippen LogP contribution < -0.4 is 9.80 Å². The van der Waals surface area contributed by atoms with E-state index < -0.39 is 0 Å². The summed E-state index contributed by atoms with van der Waals surface area (Å²) in [6.45, 7) is 5.51. The first-order valence-electron chi connectivity index (χ1n) is 10.8. The summed E-state index contributed by atoms with van der Waals surface area (Å²) in [4.78, 5) is 27.2. The summed E-state index contributed by atoms with van der Waals surface area (Å²) in [6.07, 6.45) is 1.25. The number of anilines is 2. The number of carbonyl (C=O) groups excluding carboxylic acids is 1. The van der Waals surface area contributed by atoms with Gasteiger partial charge in [-0.05, 0) is 49.1 Å². The molecule has 0 amide bonds. The van der Waals surface area contributed by atoms with E-state index in [2.05, 4.69) is 34.1 Å². The highest BCUT2D eigenvalue weighted by Crippen LogP contribution is 2.34. The van der Waals surface area contributed by atoms with E-state index in [4.69, 9.17) is 21.6 Å². The van der Waals surface area contributed by atoms with Gasteiger partial charge in [0.1, 0.15) is 0 Å². The maximum Gasteiger partial charge on any atom is 0.225 e. The fraction of sp³-hybridized carbons (Fsp3) is 0.320. The highest BCUT2D eigenvalue weighted by atomic mass is 35.5. The van der Waals surface area contributed by atoms with Crippen molar-refractivity contribution in [2.75, 3.05) is 36.0 Å². The third kappa shape index (κ3) is 4.02. The monoisotopic (exact) mass is 432 g/mol. The van der Waals surface area contributed by atoms with Crippen LogP contribution in [-0.4, -0.2) is 41.9 Å². The number of aromatic nitrogens is 2. The van der Waals surface area contributed by atoms with Crippen LogP contribution in [0.3, 0.4) is 0 Å². The number of fused-ring (bicyclic) bond motifs is 1. The average Bonchev–Trinajstić information content (AvgIpc) is 2.79. The van der Waals surface area contributed by atoms with Crippen molar-refractivity contribution >= 4 is 29.0 Å².